The minimum Gasteiger partial charge on any atom is -0.490 e. The lowest BCUT2D eigenvalue weighted by atomic mass is 10.1. The van der Waals surface area contributed by atoms with Gasteiger partial charge in [-0.15, -0.1) is 0 Å². The fourth-order valence-electron chi connectivity index (χ4n) is 3.20. The first-order valence-corrected chi connectivity index (χ1v) is 10.8. The summed E-state index contributed by atoms with van der Waals surface area (Å²) in [5, 5.41) is 9.47. The van der Waals surface area contributed by atoms with Crippen molar-refractivity contribution in [1.29, 1.82) is 0 Å². The number of fused-ring (bicyclic) bond motifs is 1. The SMILES string of the molecule is O=C(O)C(Cc1ccc2c(c1)OCCCO2)NS(=O)(=O)CC1CCCCO1. The highest BCUT2D eigenvalue weighted by Gasteiger charge is 2.28. The molecule has 0 radical (unpaired) electrons. The fourth-order valence-corrected chi connectivity index (χ4v) is 4.66. The van der Waals surface area contributed by atoms with E-state index in [-0.39, 0.29) is 18.3 Å². The molecule has 27 heavy (non-hydrogen) atoms. The lowest BCUT2D eigenvalue weighted by molar-refractivity contribution is -0.138. The van der Waals surface area contributed by atoms with Crippen molar-refractivity contribution >= 4 is 16.0 Å². The second-order valence-corrected chi connectivity index (χ2v) is 8.61. The first kappa shape index (κ1) is 19.9. The third-order valence-electron chi connectivity index (χ3n) is 4.55. The number of ether oxygens (including phenoxy) is 3. The van der Waals surface area contributed by atoms with Gasteiger partial charge in [-0.25, -0.2) is 13.1 Å². The molecule has 9 heteroatoms. The van der Waals surface area contributed by atoms with Gasteiger partial charge in [-0.3, -0.25) is 4.79 Å². The second kappa shape index (κ2) is 8.90. The van der Waals surface area contributed by atoms with Gasteiger partial charge in [0, 0.05) is 13.0 Å². The molecule has 2 N–H and O–H groups in total. The Balaban J connectivity index is 1.66. The van der Waals surface area contributed by atoms with Gasteiger partial charge in [0.2, 0.25) is 10.0 Å². The summed E-state index contributed by atoms with van der Waals surface area (Å²) in [6, 6.07) is 3.89. The molecule has 0 aliphatic carbocycles. The molecule has 2 unspecified atom stereocenters. The Labute approximate surface area is 158 Å². The minimum atomic E-state index is -3.78. The Morgan fingerprint density at radius 2 is 1.93 bits per heavy atom. The van der Waals surface area contributed by atoms with Crippen LogP contribution in [0.25, 0.3) is 0 Å². The summed E-state index contributed by atoms with van der Waals surface area (Å²) in [6.45, 7) is 1.62. The first-order valence-electron chi connectivity index (χ1n) is 9.16. The van der Waals surface area contributed by atoms with E-state index in [0.717, 1.165) is 19.3 Å². The van der Waals surface area contributed by atoms with Gasteiger partial charge in [0.15, 0.2) is 11.5 Å². The van der Waals surface area contributed by atoms with Gasteiger partial charge >= 0.3 is 5.97 Å². The van der Waals surface area contributed by atoms with Crippen LogP contribution in [-0.4, -0.2) is 57.2 Å². The van der Waals surface area contributed by atoms with Crippen molar-refractivity contribution in [3.05, 3.63) is 23.8 Å². The summed E-state index contributed by atoms with van der Waals surface area (Å²) in [7, 11) is -3.78. The molecule has 1 saturated heterocycles. The quantitative estimate of drug-likeness (QED) is 0.711. The molecule has 2 aliphatic rings. The van der Waals surface area contributed by atoms with E-state index < -0.39 is 22.0 Å². The number of carboxylic acid groups (broad SMARTS) is 1. The molecule has 1 aromatic rings. The standard InChI is InChI=1S/C18H25NO7S/c20-18(21)15(19-27(22,23)12-14-4-1-2-7-24-14)10-13-5-6-16-17(11-13)26-9-3-8-25-16/h5-6,11,14-15,19H,1-4,7-10,12H2,(H,20,21). The maximum Gasteiger partial charge on any atom is 0.322 e. The van der Waals surface area contributed by atoms with Crippen molar-refractivity contribution in [3.63, 3.8) is 0 Å². The van der Waals surface area contributed by atoms with Crippen LogP contribution in [0.3, 0.4) is 0 Å². The highest BCUT2D eigenvalue weighted by atomic mass is 32.2. The Kier molecular flexibility index (Phi) is 6.56. The van der Waals surface area contributed by atoms with E-state index >= 15 is 0 Å². The number of hydrogen-bond acceptors (Lipinski definition) is 6. The van der Waals surface area contributed by atoms with Gasteiger partial charge in [0.25, 0.3) is 0 Å². The van der Waals surface area contributed by atoms with Crippen LogP contribution >= 0.6 is 0 Å². The van der Waals surface area contributed by atoms with E-state index in [2.05, 4.69) is 4.72 Å². The molecule has 0 aromatic heterocycles. The summed E-state index contributed by atoms with van der Waals surface area (Å²) >= 11 is 0. The van der Waals surface area contributed by atoms with Crippen molar-refractivity contribution < 1.29 is 32.5 Å². The molecule has 150 valence electrons. The lowest BCUT2D eigenvalue weighted by Gasteiger charge is -2.23. The van der Waals surface area contributed by atoms with Gasteiger partial charge in [0.05, 0.1) is 25.1 Å². The molecule has 2 aliphatic heterocycles. The number of rotatable bonds is 7. The van der Waals surface area contributed by atoms with Gasteiger partial charge in [-0.1, -0.05) is 6.07 Å². The monoisotopic (exact) mass is 399 g/mol. The molecule has 1 fully saturated rings. The molecule has 2 atom stereocenters. The van der Waals surface area contributed by atoms with Crippen molar-refractivity contribution in [2.24, 2.45) is 0 Å². The predicted octanol–water partition coefficient (Wildman–Crippen LogP) is 1.33. The molecular weight excluding hydrogens is 374 g/mol. The van der Waals surface area contributed by atoms with Crippen molar-refractivity contribution in [1.82, 2.24) is 4.72 Å². The largest absolute Gasteiger partial charge is 0.490 e. The number of nitrogens with one attached hydrogen (secondary N) is 1. The highest BCUT2D eigenvalue weighted by molar-refractivity contribution is 7.89. The molecule has 3 rings (SSSR count). The van der Waals surface area contributed by atoms with E-state index in [1.165, 1.54) is 0 Å². The number of hydrogen-bond donors (Lipinski definition) is 2. The maximum absolute atomic E-state index is 12.4. The predicted molar refractivity (Wildman–Crippen MR) is 97.7 cm³/mol. The van der Waals surface area contributed by atoms with Gasteiger partial charge in [-0.2, -0.15) is 0 Å². The van der Waals surface area contributed by atoms with E-state index in [0.29, 0.717) is 43.3 Å². The fraction of sp³-hybridized carbons (Fsp3) is 0.611. The number of sulfonamides is 1. The van der Waals surface area contributed by atoms with Crippen molar-refractivity contribution in [2.45, 2.75) is 44.2 Å². The van der Waals surface area contributed by atoms with Gasteiger partial charge in [0.1, 0.15) is 6.04 Å². The molecule has 1 aromatic carbocycles. The van der Waals surface area contributed by atoms with Crippen LogP contribution in [0.15, 0.2) is 18.2 Å². The smallest absolute Gasteiger partial charge is 0.322 e. The Bertz CT molecular complexity index is 759. The topological polar surface area (TPSA) is 111 Å². The molecule has 0 bridgehead atoms. The summed E-state index contributed by atoms with van der Waals surface area (Å²) in [4.78, 5) is 11.6. The highest BCUT2D eigenvalue weighted by Crippen LogP contribution is 2.30. The third-order valence-corrected chi connectivity index (χ3v) is 6.01. The van der Waals surface area contributed by atoms with Crippen LogP contribution in [0.2, 0.25) is 0 Å². The number of carbonyl (C=O) groups is 1. The second-order valence-electron chi connectivity index (χ2n) is 6.81. The lowest BCUT2D eigenvalue weighted by Crippen LogP contribution is -2.45. The normalized spacial score (nSPS) is 21.3. The molecule has 8 nitrogen and oxygen atoms in total. The van der Waals surface area contributed by atoms with Crippen LogP contribution in [0.4, 0.5) is 0 Å². The van der Waals surface area contributed by atoms with Crippen LogP contribution in [-0.2, 0) is 26.0 Å². The van der Waals surface area contributed by atoms with Crippen LogP contribution in [0.1, 0.15) is 31.2 Å². The van der Waals surface area contributed by atoms with Crippen molar-refractivity contribution in [3.8, 4) is 11.5 Å². The zero-order valence-corrected chi connectivity index (χ0v) is 15.9. The first-order chi connectivity index (χ1) is 12.9. The van der Waals surface area contributed by atoms with Crippen molar-refractivity contribution in [2.75, 3.05) is 25.6 Å². The van der Waals surface area contributed by atoms with Crippen LogP contribution in [0.5, 0.6) is 11.5 Å². The van der Waals surface area contributed by atoms with E-state index in [4.69, 9.17) is 14.2 Å². The molecule has 2 heterocycles. The van der Waals surface area contributed by atoms with Crippen LogP contribution in [0, 0.1) is 0 Å². The zero-order valence-electron chi connectivity index (χ0n) is 15.1. The Morgan fingerprint density at radius 1 is 1.15 bits per heavy atom. The Morgan fingerprint density at radius 3 is 2.63 bits per heavy atom. The summed E-state index contributed by atoms with van der Waals surface area (Å²) in [6.07, 6.45) is 2.90. The van der Waals surface area contributed by atoms with E-state index in [1.54, 1.807) is 18.2 Å². The maximum atomic E-state index is 12.4. The molecule has 0 amide bonds. The Hall–Kier alpha value is -1.84. The number of benzene rings is 1. The van der Waals surface area contributed by atoms with Gasteiger partial charge in [-0.05, 0) is 43.4 Å². The molecular formula is C18H25NO7S. The van der Waals surface area contributed by atoms with E-state index in [9.17, 15) is 18.3 Å². The number of aliphatic carboxylic acids is 1. The zero-order chi connectivity index (χ0) is 19.3. The summed E-state index contributed by atoms with van der Waals surface area (Å²) in [5.41, 5.74) is 0.656. The average molecular weight is 399 g/mol. The third kappa shape index (κ3) is 5.82. The van der Waals surface area contributed by atoms with Gasteiger partial charge < -0.3 is 19.3 Å². The summed E-state index contributed by atoms with van der Waals surface area (Å²) < 4.78 is 43.7. The minimum absolute atomic E-state index is 0.0106. The molecule has 0 saturated carbocycles. The summed E-state index contributed by atoms with van der Waals surface area (Å²) in [5.74, 6) is -0.293. The number of carboxylic acids is 1. The average Bonchev–Trinajstić information content (AvgIpc) is 2.86. The van der Waals surface area contributed by atoms with Crippen LogP contribution < -0.4 is 14.2 Å². The molecule has 0 spiro atoms. The van der Waals surface area contributed by atoms with E-state index in [1.807, 2.05) is 0 Å².